The van der Waals surface area contributed by atoms with Gasteiger partial charge in [0, 0.05) is 18.3 Å². The van der Waals surface area contributed by atoms with Gasteiger partial charge in [-0.2, -0.15) is 0 Å². The Morgan fingerprint density at radius 3 is 2.93 bits per heavy atom. The van der Waals surface area contributed by atoms with E-state index < -0.39 is 0 Å². The van der Waals surface area contributed by atoms with E-state index in [1.807, 2.05) is 12.4 Å². The Labute approximate surface area is 85.3 Å². The van der Waals surface area contributed by atoms with E-state index in [2.05, 4.69) is 31.8 Å². The number of hydrogen-bond donors (Lipinski definition) is 0. The Kier molecular flexibility index (Phi) is 2.31. The Morgan fingerprint density at radius 2 is 2.21 bits per heavy atom. The fraction of sp³-hybridized carbons (Fsp3) is 0.583. The molecule has 76 valence electrons. The molecule has 0 radical (unpaired) electrons. The standard InChI is InChI=1S/C12H17NO/c1-12(2,3)11-8-14-7-9-6-13-5-4-10(9)11/h4-6,11H,7-8H2,1-3H3. The number of aromatic nitrogens is 1. The van der Waals surface area contributed by atoms with Crippen molar-refractivity contribution in [2.75, 3.05) is 6.61 Å². The number of nitrogens with zero attached hydrogens (tertiary/aromatic N) is 1. The lowest BCUT2D eigenvalue weighted by molar-refractivity contribution is 0.0594. The topological polar surface area (TPSA) is 22.1 Å². The van der Waals surface area contributed by atoms with Gasteiger partial charge in [-0.15, -0.1) is 0 Å². The van der Waals surface area contributed by atoms with E-state index in [4.69, 9.17) is 4.74 Å². The van der Waals surface area contributed by atoms with E-state index in [-0.39, 0.29) is 5.41 Å². The Balaban J connectivity index is 2.41. The number of rotatable bonds is 0. The van der Waals surface area contributed by atoms with Crippen LogP contribution >= 0.6 is 0 Å². The van der Waals surface area contributed by atoms with E-state index in [0.29, 0.717) is 5.92 Å². The van der Waals surface area contributed by atoms with E-state index in [1.54, 1.807) is 0 Å². The second-order valence-electron chi connectivity index (χ2n) is 5.01. The molecule has 1 aromatic heterocycles. The van der Waals surface area contributed by atoms with Crippen LogP contribution < -0.4 is 0 Å². The monoisotopic (exact) mass is 191 g/mol. The Bertz CT molecular complexity index is 327. The molecule has 0 aromatic carbocycles. The molecule has 1 unspecified atom stereocenters. The zero-order valence-electron chi connectivity index (χ0n) is 9.08. The molecule has 1 atom stereocenters. The van der Waals surface area contributed by atoms with E-state index in [9.17, 15) is 0 Å². The molecule has 0 N–H and O–H groups in total. The SMILES string of the molecule is CC(C)(C)C1COCc2cnccc21. The third-order valence-corrected chi connectivity index (χ3v) is 2.90. The van der Waals surface area contributed by atoms with Crippen molar-refractivity contribution in [2.24, 2.45) is 5.41 Å². The van der Waals surface area contributed by atoms with Crippen LogP contribution in [0.4, 0.5) is 0 Å². The summed E-state index contributed by atoms with van der Waals surface area (Å²) in [7, 11) is 0. The van der Waals surface area contributed by atoms with Crippen molar-refractivity contribution >= 4 is 0 Å². The van der Waals surface area contributed by atoms with Crippen LogP contribution in [0.25, 0.3) is 0 Å². The summed E-state index contributed by atoms with van der Waals surface area (Å²) in [6.07, 6.45) is 3.80. The van der Waals surface area contributed by atoms with Gasteiger partial charge >= 0.3 is 0 Å². The van der Waals surface area contributed by atoms with E-state index in [1.165, 1.54) is 11.1 Å². The maximum absolute atomic E-state index is 5.60. The zero-order valence-corrected chi connectivity index (χ0v) is 9.08. The first kappa shape index (κ1) is 9.66. The van der Waals surface area contributed by atoms with Gasteiger partial charge < -0.3 is 4.74 Å². The lowest BCUT2D eigenvalue weighted by atomic mass is 9.75. The summed E-state index contributed by atoms with van der Waals surface area (Å²) in [4.78, 5) is 4.13. The van der Waals surface area contributed by atoms with Crippen molar-refractivity contribution in [3.63, 3.8) is 0 Å². The van der Waals surface area contributed by atoms with Crippen LogP contribution in [-0.4, -0.2) is 11.6 Å². The third-order valence-electron chi connectivity index (χ3n) is 2.90. The normalized spacial score (nSPS) is 21.8. The molecule has 0 saturated carbocycles. The van der Waals surface area contributed by atoms with Crippen LogP contribution in [0.1, 0.15) is 37.8 Å². The van der Waals surface area contributed by atoms with Crippen LogP contribution in [0.3, 0.4) is 0 Å². The molecule has 0 amide bonds. The van der Waals surface area contributed by atoms with Gasteiger partial charge in [-0.1, -0.05) is 20.8 Å². The molecular formula is C12H17NO. The first-order valence-electron chi connectivity index (χ1n) is 5.09. The molecule has 0 spiro atoms. The predicted octanol–water partition coefficient (Wildman–Crippen LogP) is 2.74. The summed E-state index contributed by atoms with van der Waals surface area (Å²) in [5, 5.41) is 0. The van der Waals surface area contributed by atoms with Gasteiger partial charge in [0.2, 0.25) is 0 Å². The Hall–Kier alpha value is -0.890. The molecule has 14 heavy (non-hydrogen) atoms. The smallest absolute Gasteiger partial charge is 0.0734 e. The zero-order chi connectivity index (χ0) is 10.2. The van der Waals surface area contributed by atoms with Gasteiger partial charge in [0.15, 0.2) is 0 Å². The maximum atomic E-state index is 5.60. The fourth-order valence-electron chi connectivity index (χ4n) is 1.99. The van der Waals surface area contributed by atoms with Gasteiger partial charge in [-0.05, 0) is 22.6 Å². The molecule has 1 aromatic rings. The molecule has 2 rings (SSSR count). The van der Waals surface area contributed by atoms with Crippen LogP contribution in [0, 0.1) is 5.41 Å². The quantitative estimate of drug-likeness (QED) is 0.629. The van der Waals surface area contributed by atoms with Crippen LogP contribution in [-0.2, 0) is 11.3 Å². The number of pyridine rings is 1. The number of hydrogen-bond acceptors (Lipinski definition) is 2. The third kappa shape index (κ3) is 1.67. The van der Waals surface area contributed by atoms with Crippen molar-refractivity contribution in [1.82, 2.24) is 4.98 Å². The van der Waals surface area contributed by atoms with Crippen molar-refractivity contribution in [1.29, 1.82) is 0 Å². The maximum Gasteiger partial charge on any atom is 0.0734 e. The summed E-state index contributed by atoms with van der Waals surface area (Å²) in [6.45, 7) is 8.33. The first-order chi connectivity index (χ1) is 6.59. The summed E-state index contributed by atoms with van der Waals surface area (Å²) in [5.74, 6) is 0.495. The van der Waals surface area contributed by atoms with Crippen LogP contribution in [0.2, 0.25) is 0 Å². The lowest BCUT2D eigenvalue weighted by Crippen LogP contribution is -2.27. The highest BCUT2D eigenvalue weighted by atomic mass is 16.5. The molecular weight excluding hydrogens is 174 g/mol. The highest BCUT2D eigenvalue weighted by Gasteiger charge is 2.30. The highest BCUT2D eigenvalue weighted by molar-refractivity contribution is 5.29. The summed E-state index contributed by atoms with van der Waals surface area (Å²) < 4.78 is 5.60. The lowest BCUT2D eigenvalue weighted by Gasteiger charge is -2.35. The Morgan fingerprint density at radius 1 is 1.43 bits per heavy atom. The van der Waals surface area contributed by atoms with E-state index >= 15 is 0 Å². The summed E-state index contributed by atoms with van der Waals surface area (Å²) in [6, 6.07) is 2.13. The van der Waals surface area contributed by atoms with Crippen molar-refractivity contribution in [2.45, 2.75) is 33.3 Å². The summed E-state index contributed by atoms with van der Waals surface area (Å²) in [5.41, 5.74) is 2.92. The largest absolute Gasteiger partial charge is 0.376 e. The van der Waals surface area contributed by atoms with Crippen LogP contribution in [0.5, 0.6) is 0 Å². The second-order valence-corrected chi connectivity index (χ2v) is 5.01. The second kappa shape index (κ2) is 3.35. The average Bonchev–Trinajstić information content (AvgIpc) is 2.15. The highest BCUT2D eigenvalue weighted by Crippen LogP contribution is 2.39. The first-order valence-corrected chi connectivity index (χ1v) is 5.09. The molecule has 0 fully saturated rings. The number of ether oxygens (including phenoxy) is 1. The van der Waals surface area contributed by atoms with Gasteiger partial charge in [-0.3, -0.25) is 4.98 Å². The van der Waals surface area contributed by atoms with E-state index in [0.717, 1.165) is 13.2 Å². The van der Waals surface area contributed by atoms with Crippen molar-refractivity contribution in [3.05, 3.63) is 29.6 Å². The molecule has 2 heterocycles. The van der Waals surface area contributed by atoms with Gasteiger partial charge in [0.05, 0.1) is 13.2 Å². The minimum absolute atomic E-state index is 0.260. The predicted molar refractivity (Wildman–Crippen MR) is 56.1 cm³/mol. The van der Waals surface area contributed by atoms with Gasteiger partial charge in [-0.25, -0.2) is 0 Å². The molecule has 2 nitrogen and oxygen atoms in total. The number of fused-ring (bicyclic) bond motifs is 1. The molecule has 0 bridgehead atoms. The summed E-state index contributed by atoms with van der Waals surface area (Å²) >= 11 is 0. The van der Waals surface area contributed by atoms with Crippen LogP contribution in [0.15, 0.2) is 18.5 Å². The minimum Gasteiger partial charge on any atom is -0.376 e. The van der Waals surface area contributed by atoms with Crippen molar-refractivity contribution in [3.8, 4) is 0 Å². The molecule has 0 aliphatic carbocycles. The molecule has 0 saturated heterocycles. The molecule has 1 aliphatic heterocycles. The van der Waals surface area contributed by atoms with Gasteiger partial charge in [0.25, 0.3) is 0 Å². The van der Waals surface area contributed by atoms with Crippen molar-refractivity contribution < 1.29 is 4.74 Å². The van der Waals surface area contributed by atoms with Gasteiger partial charge in [0.1, 0.15) is 0 Å². The molecule has 2 heteroatoms. The minimum atomic E-state index is 0.260. The fourth-order valence-corrected chi connectivity index (χ4v) is 1.99. The molecule has 1 aliphatic rings. The average molecular weight is 191 g/mol.